The average Bonchev–Trinajstić information content (AvgIpc) is 2.61. The second kappa shape index (κ2) is 9.19. The number of primary amides is 1. The minimum atomic E-state index is -0.546. The van der Waals surface area contributed by atoms with Crippen molar-refractivity contribution >= 4 is 23.4 Å². The van der Waals surface area contributed by atoms with E-state index in [1.165, 1.54) is 4.90 Å². The first-order valence-corrected chi connectivity index (χ1v) is 8.62. The molecule has 0 bridgehead atoms. The molecule has 142 valence electrons. The molecule has 1 atom stereocenters. The molecule has 1 saturated heterocycles. The standard InChI is InChI=1S/C18H26N4O4/c1-21(11-16(23)20-13-6-5-7-14(10-13)26-2)12-17(24)22-9-4-3-8-15(22)18(19)25/h5-7,10,15H,3-4,8-9,11-12H2,1-2H3,(H2,19,25)(H,20,23)/t15-/m1/s1. The molecule has 0 aromatic heterocycles. The Balaban J connectivity index is 1.86. The molecule has 1 aliphatic rings. The molecule has 1 aromatic carbocycles. The lowest BCUT2D eigenvalue weighted by Crippen LogP contribution is -2.53. The molecule has 0 radical (unpaired) electrons. The van der Waals surface area contributed by atoms with Crippen molar-refractivity contribution in [2.75, 3.05) is 39.1 Å². The number of ether oxygens (including phenoxy) is 1. The summed E-state index contributed by atoms with van der Waals surface area (Å²) in [6.07, 6.45) is 2.34. The first-order chi connectivity index (χ1) is 12.4. The Kier molecular flexibility index (Phi) is 6.97. The van der Waals surface area contributed by atoms with Crippen LogP contribution in [0, 0.1) is 0 Å². The normalized spacial score (nSPS) is 17.0. The molecule has 1 aromatic rings. The van der Waals surface area contributed by atoms with Gasteiger partial charge in [0.15, 0.2) is 0 Å². The fraction of sp³-hybridized carbons (Fsp3) is 0.500. The Hall–Kier alpha value is -2.61. The number of anilines is 1. The predicted molar refractivity (Wildman–Crippen MR) is 97.7 cm³/mol. The largest absolute Gasteiger partial charge is 0.497 e. The van der Waals surface area contributed by atoms with Gasteiger partial charge in [-0.05, 0) is 38.4 Å². The Morgan fingerprint density at radius 2 is 2.08 bits per heavy atom. The quantitative estimate of drug-likeness (QED) is 0.732. The molecule has 3 N–H and O–H groups in total. The van der Waals surface area contributed by atoms with E-state index in [1.807, 2.05) is 0 Å². The summed E-state index contributed by atoms with van der Waals surface area (Å²) < 4.78 is 5.12. The molecule has 1 heterocycles. The highest BCUT2D eigenvalue weighted by Gasteiger charge is 2.30. The first kappa shape index (κ1) is 19.7. The summed E-state index contributed by atoms with van der Waals surface area (Å²) in [5, 5.41) is 2.77. The predicted octanol–water partition coefficient (Wildman–Crippen LogP) is 0.432. The summed E-state index contributed by atoms with van der Waals surface area (Å²) in [6, 6.07) is 6.50. The minimum Gasteiger partial charge on any atom is -0.497 e. The number of hydrogen-bond donors (Lipinski definition) is 2. The summed E-state index contributed by atoms with van der Waals surface area (Å²) in [7, 11) is 3.24. The highest BCUT2D eigenvalue weighted by atomic mass is 16.5. The molecule has 1 fully saturated rings. The van der Waals surface area contributed by atoms with E-state index in [4.69, 9.17) is 10.5 Å². The van der Waals surface area contributed by atoms with E-state index in [9.17, 15) is 14.4 Å². The number of benzene rings is 1. The van der Waals surface area contributed by atoms with Gasteiger partial charge in [-0.3, -0.25) is 19.3 Å². The molecule has 8 nitrogen and oxygen atoms in total. The van der Waals surface area contributed by atoms with Gasteiger partial charge in [0.1, 0.15) is 11.8 Å². The van der Waals surface area contributed by atoms with E-state index in [1.54, 1.807) is 43.3 Å². The molecule has 0 saturated carbocycles. The van der Waals surface area contributed by atoms with E-state index in [0.29, 0.717) is 24.4 Å². The van der Waals surface area contributed by atoms with Crippen molar-refractivity contribution in [2.24, 2.45) is 5.73 Å². The van der Waals surface area contributed by atoms with Crippen molar-refractivity contribution in [3.05, 3.63) is 24.3 Å². The van der Waals surface area contributed by atoms with Gasteiger partial charge < -0.3 is 20.7 Å². The number of nitrogens with zero attached hydrogens (tertiary/aromatic N) is 2. The molecule has 26 heavy (non-hydrogen) atoms. The van der Waals surface area contributed by atoms with E-state index < -0.39 is 11.9 Å². The molecule has 0 unspecified atom stereocenters. The van der Waals surface area contributed by atoms with Crippen LogP contribution >= 0.6 is 0 Å². The lowest BCUT2D eigenvalue weighted by molar-refractivity contribution is -0.141. The van der Waals surface area contributed by atoms with Gasteiger partial charge in [-0.2, -0.15) is 0 Å². The van der Waals surface area contributed by atoms with Crippen LogP contribution in [0.4, 0.5) is 5.69 Å². The van der Waals surface area contributed by atoms with Crippen molar-refractivity contribution < 1.29 is 19.1 Å². The molecule has 3 amide bonds. The summed E-state index contributed by atoms with van der Waals surface area (Å²) >= 11 is 0. The number of likely N-dealkylation sites (N-methyl/N-ethyl adjacent to an activating group) is 1. The molecular formula is C18H26N4O4. The molecule has 0 spiro atoms. The Bertz CT molecular complexity index is 664. The van der Waals surface area contributed by atoms with Crippen molar-refractivity contribution in [2.45, 2.75) is 25.3 Å². The fourth-order valence-electron chi connectivity index (χ4n) is 3.05. The monoisotopic (exact) mass is 362 g/mol. The van der Waals surface area contributed by atoms with Crippen LogP contribution in [0.25, 0.3) is 0 Å². The first-order valence-electron chi connectivity index (χ1n) is 8.62. The highest BCUT2D eigenvalue weighted by Crippen LogP contribution is 2.18. The van der Waals surface area contributed by atoms with Crippen molar-refractivity contribution in [3.63, 3.8) is 0 Å². The van der Waals surface area contributed by atoms with Crippen LogP contribution in [0.5, 0.6) is 5.75 Å². The highest BCUT2D eigenvalue weighted by molar-refractivity contribution is 5.93. The number of nitrogens with one attached hydrogen (secondary N) is 1. The molecule has 0 aliphatic carbocycles. The SMILES string of the molecule is COc1cccc(NC(=O)CN(C)CC(=O)N2CCCC[C@@H]2C(N)=O)c1. The van der Waals surface area contributed by atoms with Gasteiger partial charge in [0.05, 0.1) is 20.2 Å². The van der Waals surface area contributed by atoms with Gasteiger partial charge >= 0.3 is 0 Å². The van der Waals surface area contributed by atoms with Crippen molar-refractivity contribution in [3.8, 4) is 5.75 Å². The topological polar surface area (TPSA) is 105 Å². The average molecular weight is 362 g/mol. The van der Waals surface area contributed by atoms with Crippen LogP contribution < -0.4 is 15.8 Å². The summed E-state index contributed by atoms with van der Waals surface area (Å²) in [4.78, 5) is 39.3. The van der Waals surface area contributed by atoms with E-state index in [2.05, 4.69) is 5.32 Å². The molecular weight excluding hydrogens is 336 g/mol. The van der Waals surface area contributed by atoms with Gasteiger partial charge in [0.2, 0.25) is 17.7 Å². The zero-order valence-electron chi connectivity index (χ0n) is 15.2. The maximum Gasteiger partial charge on any atom is 0.240 e. The van der Waals surface area contributed by atoms with Crippen molar-refractivity contribution in [1.82, 2.24) is 9.80 Å². The number of piperidine rings is 1. The lowest BCUT2D eigenvalue weighted by Gasteiger charge is -2.34. The number of rotatable bonds is 7. The van der Waals surface area contributed by atoms with E-state index in [0.717, 1.165) is 12.8 Å². The number of carbonyl (C=O) groups is 3. The molecule has 2 rings (SSSR count). The zero-order valence-corrected chi connectivity index (χ0v) is 15.2. The van der Waals surface area contributed by atoms with Crippen LogP contribution in [0.2, 0.25) is 0 Å². The van der Waals surface area contributed by atoms with Gasteiger partial charge in [-0.25, -0.2) is 0 Å². The van der Waals surface area contributed by atoms with Crippen LogP contribution in [0.1, 0.15) is 19.3 Å². The second-order valence-electron chi connectivity index (χ2n) is 6.45. The third kappa shape index (κ3) is 5.45. The second-order valence-corrected chi connectivity index (χ2v) is 6.45. The summed E-state index contributed by atoms with van der Waals surface area (Å²) in [5.41, 5.74) is 6.02. The Morgan fingerprint density at radius 1 is 1.31 bits per heavy atom. The zero-order chi connectivity index (χ0) is 19.1. The van der Waals surface area contributed by atoms with Crippen LogP contribution in [-0.4, -0.2) is 67.4 Å². The molecule has 8 heteroatoms. The maximum atomic E-state index is 12.5. The third-order valence-electron chi connectivity index (χ3n) is 4.32. The van der Waals surface area contributed by atoms with Gasteiger partial charge in [0, 0.05) is 18.3 Å². The van der Waals surface area contributed by atoms with Gasteiger partial charge in [-0.1, -0.05) is 6.07 Å². The minimum absolute atomic E-state index is 0.0509. The number of nitrogens with two attached hydrogens (primary N) is 1. The summed E-state index contributed by atoms with van der Waals surface area (Å²) in [5.74, 6) is -0.255. The third-order valence-corrected chi connectivity index (χ3v) is 4.32. The summed E-state index contributed by atoms with van der Waals surface area (Å²) in [6.45, 7) is 0.629. The maximum absolute atomic E-state index is 12.5. The van der Waals surface area contributed by atoms with Crippen LogP contribution in [-0.2, 0) is 14.4 Å². The van der Waals surface area contributed by atoms with Crippen LogP contribution in [0.15, 0.2) is 24.3 Å². The number of likely N-dealkylation sites (tertiary alicyclic amines) is 1. The Labute approximate surface area is 153 Å². The number of amides is 3. The molecule has 1 aliphatic heterocycles. The number of hydrogen-bond acceptors (Lipinski definition) is 5. The van der Waals surface area contributed by atoms with Gasteiger partial charge in [0.25, 0.3) is 0 Å². The number of methoxy groups -OCH3 is 1. The smallest absolute Gasteiger partial charge is 0.240 e. The Morgan fingerprint density at radius 3 is 2.77 bits per heavy atom. The number of carbonyl (C=O) groups excluding carboxylic acids is 3. The van der Waals surface area contributed by atoms with E-state index in [-0.39, 0.29) is 24.9 Å². The lowest BCUT2D eigenvalue weighted by atomic mass is 10.0. The van der Waals surface area contributed by atoms with E-state index >= 15 is 0 Å². The van der Waals surface area contributed by atoms with Crippen molar-refractivity contribution in [1.29, 1.82) is 0 Å². The fourth-order valence-corrected chi connectivity index (χ4v) is 3.05. The van der Waals surface area contributed by atoms with Gasteiger partial charge in [-0.15, -0.1) is 0 Å². The van der Waals surface area contributed by atoms with Crippen LogP contribution in [0.3, 0.4) is 0 Å².